The van der Waals surface area contributed by atoms with E-state index in [0.717, 1.165) is 11.3 Å². The summed E-state index contributed by atoms with van der Waals surface area (Å²) in [4.78, 5) is 0. The van der Waals surface area contributed by atoms with Gasteiger partial charge >= 0.3 is 0 Å². The number of nitrogens with one attached hydrogen (secondary N) is 1. The smallest absolute Gasteiger partial charge is 0.117 e. The second-order valence-electron chi connectivity index (χ2n) is 2.12. The molecule has 0 aliphatic carbocycles. The van der Waals surface area contributed by atoms with Crippen molar-refractivity contribution >= 4 is 21.6 Å². The van der Waals surface area contributed by atoms with E-state index in [1.807, 2.05) is 0 Å². The zero-order valence-corrected chi connectivity index (χ0v) is 7.43. The highest BCUT2D eigenvalue weighted by molar-refractivity contribution is 9.08. The Hall–Kier alpha value is -0.740. The first-order valence-electron chi connectivity index (χ1n) is 3.12. The average molecular weight is 217 g/mol. The summed E-state index contributed by atoms with van der Waals surface area (Å²) in [5, 5.41) is 9.77. The first-order chi connectivity index (χ1) is 5.27. The molecule has 0 atom stereocenters. The van der Waals surface area contributed by atoms with Crippen LogP contribution in [0.3, 0.4) is 0 Å². The number of benzene rings is 1. The van der Waals surface area contributed by atoms with Crippen LogP contribution in [0.2, 0.25) is 0 Å². The van der Waals surface area contributed by atoms with Gasteiger partial charge in [0, 0.05) is 11.4 Å². The molecular weight excluding hydrogens is 208 g/mol. The standard InChI is InChI=1S/C7H9BrN2O/c8-4-5-1-2-6(11)3-7(5)10-9/h1-3,10-11H,4,9H2. The van der Waals surface area contributed by atoms with Crippen molar-refractivity contribution in [2.45, 2.75) is 5.33 Å². The topological polar surface area (TPSA) is 58.3 Å². The molecule has 1 aromatic carbocycles. The van der Waals surface area contributed by atoms with Crippen LogP contribution in [0.25, 0.3) is 0 Å². The van der Waals surface area contributed by atoms with Gasteiger partial charge in [0.15, 0.2) is 0 Å². The number of hydrogen-bond donors (Lipinski definition) is 3. The Morgan fingerprint density at radius 1 is 1.55 bits per heavy atom. The van der Waals surface area contributed by atoms with Gasteiger partial charge in [0.05, 0.1) is 5.69 Å². The Bertz CT molecular complexity index is 252. The molecule has 0 saturated carbocycles. The summed E-state index contributed by atoms with van der Waals surface area (Å²) in [5.41, 5.74) is 4.25. The molecule has 4 N–H and O–H groups in total. The average Bonchev–Trinajstić information content (AvgIpc) is 2.04. The molecule has 0 bridgehead atoms. The van der Waals surface area contributed by atoms with E-state index in [2.05, 4.69) is 21.4 Å². The fourth-order valence-corrected chi connectivity index (χ4v) is 1.30. The molecule has 0 aliphatic rings. The van der Waals surface area contributed by atoms with Crippen LogP contribution < -0.4 is 11.3 Å². The van der Waals surface area contributed by atoms with E-state index in [1.165, 1.54) is 0 Å². The molecule has 0 unspecified atom stereocenters. The van der Waals surface area contributed by atoms with E-state index in [1.54, 1.807) is 18.2 Å². The van der Waals surface area contributed by atoms with Crippen molar-refractivity contribution in [1.82, 2.24) is 0 Å². The molecule has 0 fully saturated rings. The summed E-state index contributed by atoms with van der Waals surface area (Å²) in [6.07, 6.45) is 0. The van der Waals surface area contributed by atoms with Crippen LogP contribution in [-0.2, 0) is 5.33 Å². The van der Waals surface area contributed by atoms with Gasteiger partial charge in [-0.15, -0.1) is 0 Å². The highest BCUT2D eigenvalue weighted by Crippen LogP contribution is 2.22. The summed E-state index contributed by atoms with van der Waals surface area (Å²) >= 11 is 3.30. The molecule has 0 saturated heterocycles. The van der Waals surface area contributed by atoms with E-state index in [9.17, 15) is 0 Å². The van der Waals surface area contributed by atoms with Crippen molar-refractivity contribution in [2.24, 2.45) is 5.84 Å². The molecule has 0 aromatic heterocycles. The number of nitrogen functional groups attached to an aromatic ring is 1. The van der Waals surface area contributed by atoms with Gasteiger partial charge in [0.2, 0.25) is 0 Å². The van der Waals surface area contributed by atoms with Gasteiger partial charge in [-0.1, -0.05) is 22.0 Å². The first kappa shape index (κ1) is 8.36. The fourth-order valence-electron chi connectivity index (χ4n) is 0.815. The van der Waals surface area contributed by atoms with Gasteiger partial charge in [0.25, 0.3) is 0 Å². The molecule has 0 spiro atoms. The molecule has 60 valence electrons. The molecule has 0 aliphatic heterocycles. The first-order valence-corrected chi connectivity index (χ1v) is 4.24. The summed E-state index contributed by atoms with van der Waals surface area (Å²) in [6, 6.07) is 5.01. The van der Waals surface area contributed by atoms with E-state index in [-0.39, 0.29) is 5.75 Å². The minimum absolute atomic E-state index is 0.211. The van der Waals surface area contributed by atoms with Crippen molar-refractivity contribution in [3.05, 3.63) is 23.8 Å². The maximum atomic E-state index is 9.05. The minimum Gasteiger partial charge on any atom is -0.508 e. The fraction of sp³-hybridized carbons (Fsp3) is 0.143. The molecular formula is C7H9BrN2O. The van der Waals surface area contributed by atoms with Crippen molar-refractivity contribution < 1.29 is 5.11 Å². The van der Waals surface area contributed by atoms with E-state index in [4.69, 9.17) is 10.9 Å². The number of rotatable bonds is 2. The third-order valence-corrected chi connectivity index (χ3v) is 2.00. The predicted octanol–water partition coefficient (Wildman–Crippen LogP) is 1.57. The van der Waals surface area contributed by atoms with Gasteiger partial charge in [-0.2, -0.15) is 0 Å². The summed E-state index contributed by atoms with van der Waals surface area (Å²) in [5.74, 6) is 5.42. The molecule has 11 heavy (non-hydrogen) atoms. The number of phenolic OH excluding ortho intramolecular Hbond substituents is 1. The third-order valence-electron chi connectivity index (χ3n) is 1.39. The SMILES string of the molecule is NNc1cc(O)ccc1CBr. The van der Waals surface area contributed by atoms with Crippen molar-refractivity contribution in [3.8, 4) is 5.75 Å². The zero-order chi connectivity index (χ0) is 8.27. The highest BCUT2D eigenvalue weighted by Gasteiger charge is 1.99. The quantitative estimate of drug-likeness (QED) is 0.400. The number of anilines is 1. The summed E-state index contributed by atoms with van der Waals surface area (Å²) < 4.78 is 0. The molecule has 1 aromatic rings. The second kappa shape index (κ2) is 3.59. The number of halogens is 1. The maximum Gasteiger partial charge on any atom is 0.117 e. The van der Waals surface area contributed by atoms with E-state index in [0.29, 0.717) is 5.33 Å². The monoisotopic (exact) mass is 216 g/mol. The largest absolute Gasteiger partial charge is 0.508 e. The van der Waals surface area contributed by atoms with Gasteiger partial charge in [0.1, 0.15) is 5.75 Å². The summed E-state index contributed by atoms with van der Waals surface area (Å²) in [7, 11) is 0. The Balaban J connectivity index is 3.06. The van der Waals surface area contributed by atoms with E-state index >= 15 is 0 Å². The Morgan fingerprint density at radius 3 is 2.82 bits per heavy atom. The van der Waals surface area contributed by atoms with Crippen LogP contribution in [0.15, 0.2) is 18.2 Å². The lowest BCUT2D eigenvalue weighted by Crippen LogP contribution is -2.08. The lowest BCUT2D eigenvalue weighted by atomic mass is 10.2. The Morgan fingerprint density at radius 2 is 2.27 bits per heavy atom. The van der Waals surface area contributed by atoms with Gasteiger partial charge in [-0.25, -0.2) is 0 Å². The summed E-state index contributed by atoms with van der Waals surface area (Å²) in [6.45, 7) is 0. The number of hydrogen-bond acceptors (Lipinski definition) is 3. The number of hydrazine groups is 1. The number of nitrogens with two attached hydrogens (primary N) is 1. The molecule has 1 rings (SSSR count). The van der Waals surface area contributed by atoms with Crippen LogP contribution in [0.1, 0.15) is 5.56 Å². The zero-order valence-electron chi connectivity index (χ0n) is 5.84. The van der Waals surface area contributed by atoms with Gasteiger partial charge in [-0.05, 0) is 11.6 Å². The Labute approximate surface area is 73.3 Å². The number of alkyl halides is 1. The number of phenols is 1. The normalized spacial score (nSPS) is 9.64. The molecule has 3 nitrogen and oxygen atoms in total. The predicted molar refractivity (Wildman–Crippen MR) is 48.5 cm³/mol. The highest BCUT2D eigenvalue weighted by atomic mass is 79.9. The van der Waals surface area contributed by atoms with E-state index < -0.39 is 0 Å². The van der Waals surface area contributed by atoms with Crippen LogP contribution in [0, 0.1) is 0 Å². The van der Waals surface area contributed by atoms with Gasteiger partial charge in [-0.3, -0.25) is 5.84 Å². The van der Waals surface area contributed by atoms with Crippen LogP contribution in [-0.4, -0.2) is 5.11 Å². The van der Waals surface area contributed by atoms with Crippen molar-refractivity contribution in [3.63, 3.8) is 0 Å². The van der Waals surface area contributed by atoms with Crippen molar-refractivity contribution in [2.75, 3.05) is 5.43 Å². The lowest BCUT2D eigenvalue weighted by molar-refractivity contribution is 0.475. The van der Waals surface area contributed by atoms with Gasteiger partial charge < -0.3 is 10.5 Å². The third kappa shape index (κ3) is 1.85. The van der Waals surface area contributed by atoms with Crippen LogP contribution in [0.4, 0.5) is 5.69 Å². The Kier molecular flexibility index (Phi) is 2.73. The second-order valence-corrected chi connectivity index (χ2v) is 2.68. The molecule has 0 radical (unpaired) electrons. The number of aromatic hydroxyl groups is 1. The minimum atomic E-state index is 0.211. The molecule has 0 amide bonds. The van der Waals surface area contributed by atoms with Crippen LogP contribution in [0.5, 0.6) is 5.75 Å². The molecule has 4 heteroatoms. The maximum absolute atomic E-state index is 9.05. The van der Waals surface area contributed by atoms with Crippen molar-refractivity contribution in [1.29, 1.82) is 0 Å². The van der Waals surface area contributed by atoms with Crippen LogP contribution >= 0.6 is 15.9 Å². The molecule has 0 heterocycles. The lowest BCUT2D eigenvalue weighted by Gasteiger charge is -2.05.